The van der Waals surface area contributed by atoms with Gasteiger partial charge in [0.1, 0.15) is 0 Å². The number of hydrogen-bond acceptors (Lipinski definition) is 4. The van der Waals surface area contributed by atoms with E-state index in [0.29, 0.717) is 0 Å². The fraction of sp³-hybridized carbons (Fsp3) is 0.667. The third kappa shape index (κ3) is 1.59. The van der Waals surface area contributed by atoms with Gasteiger partial charge in [-0.15, -0.1) is 0 Å². The van der Waals surface area contributed by atoms with Gasteiger partial charge in [-0.25, -0.2) is 0 Å². The van der Waals surface area contributed by atoms with Gasteiger partial charge in [0.15, 0.2) is 0 Å². The Kier molecular flexibility index (Phi) is 2.12. The second kappa shape index (κ2) is 2.23. The molecule has 0 atom stereocenters. The van der Waals surface area contributed by atoms with Crippen LogP contribution in [0.25, 0.3) is 0 Å². The lowest BCUT2D eigenvalue weighted by molar-refractivity contribution is -0.110. The maximum absolute atomic E-state index is 10.1. The maximum Gasteiger partial charge on any atom is 0.330 e. The van der Waals surface area contributed by atoms with Crippen molar-refractivity contribution in [1.29, 1.82) is 0 Å². The molecule has 0 heterocycles. The second-order valence-corrected chi connectivity index (χ2v) is 2.93. The standard InChI is InChI=1S/C3H6O4S/c1-3(4)8(5,6)7-2/h1-2H3. The molecule has 48 valence electrons. The molecular formula is C3H6O4S. The molecular weight excluding hydrogens is 132 g/mol. The summed E-state index contributed by atoms with van der Waals surface area (Å²) < 4.78 is 24.1. The Morgan fingerprint density at radius 2 is 1.88 bits per heavy atom. The Bertz CT molecular complexity index is 177. The van der Waals surface area contributed by atoms with Crippen LogP contribution in [-0.2, 0) is 19.1 Å². The van der Waals surface area contributed by atoms with Crippen LogP contribution in [0.5, 0.6) is 0 Å². The molecule has 0 amide bonds. The van der Waals surface area contributed by atoms with Gasteiger partial charge in [-0.2, -0.15) is 8.42 Å². The average molecular weight is 138 g/mol. The molecule has 0 unspecified atom stereocenters. The van der Waals surface area contributed by atoms with Crippen molar-refractivity contribution in [2.24, 2.45) is 0 Å². The lowest BCUT2D eigenvalue weighted by atomic mass is 10.9. The van der Waals surface area contributed by atoms with Gasteiger partial charge in [0.2, 0.25) is 0 Å². The highest BCUT2D eigenvalue weighted by Crippen LogP contribution is 1.88. The van der Waals surface area contributed by atoms with Crippen LogP contribution >= 0.6 is 0 Å². The Hall–Kier alpha value is -0.420. The molecule has 0 aliphatic rings. The molecule has 0 saturated carbocycles. The summed E-state index contributed by atoms with van der Waals surface area (Å²) >= 11 is 0. The Morgan fingerprint density at radius 3 is 1.88 bits per heavy atom. The van der Waals surface area contributed by atoms with Gasteiger partial charge in [0.05, 0.1) is 7.11 Å². The first-order chi connectivity index (χ1) is 3.50. The van der Waals surface area contributed by atoms with Crippen molar-refractivity contribution in [3.8, 4) is 0 Å². The SMILES string of the molecule is COS(=O)(=O)C(C)=O. The fourth-order valence-corrected chi connectivity index (χ4v) is 0.352. The van der Waals surface area contributed by atoms with E-state index in [4.69, 9.17) is 0 Å². The molecule has 0 aromatic carbocycles. The predicted molar refractivity (Wildman–Crippen MR) is 26.6 cm³/mol. The Labute approximate surface area is 47.6 Å². The van der Waals surface area contributed by atoms with E-state index in [9.17, 15) is 13.2 Å². The summed E-state index contributed by atoms with van der Waals surface area (Å²) in [5.74, 6) is 0. The molecule has 0 N–H and O–H groups in total. The normalized spacial score (nSPS) is 11.2. The lowest BCUT2D eigenvalue weighted by Gasteiger charge is -1.90. The molecule has 8 heavy (non-hydrogen) atoms. The minimum atomic E-state index is -3.87. The average Bonchev–Trinajstić information content (AvgIpc) is 1.67. The first-order valence-electron chi connectivity index (χ1n) is 1.82. The van der Waals surface area contributed by atoms with Crippen LogP contribution in [0.4, 0.5) is 0 Å². The Morgan fingerprint density at radius 1 is 1.50 bits per heavy atom. The molecule has 0 radical (unpaired) electrons. The van der Waals surface area contributed by atoms with E-state index in [2.05, 4.69) is 4.18 Å². The van der Waals surface area contributed by atoms with E-state index in [1.54, 1.807) is 0 Å². The van der Waals surface area contributed by atoms with Crippen molar-refractivity contribution in [3.63, 3.8) is 0 Å². The zero-order chi connectivity index (χ0) is 6.78. The van der Waals surface area contributed by atoms with Crippen LogP contribution in [0.15, 0.2) is 0 Å². The summed E-state index contributed by atoms with van der Waals surface area (Å²) in [5.41, 5.74) is 0. The van der Waals surface area contributed by atoms with Crippen LogP contribution in [0.1, 0.15) is 6.92 Å². The van der Waals surface area contributed by atoms with Crippen LogP contribution in [0, 0.1) is 0 Å². The largest absolute Gasteiger partial charge is 0.330 e. The van der Waals surface area contributed by atoms with Gasteiger partial charge < -0.3 is 0 Å². The monoisotopic (exact) mass is 138 g/mol. The summed E-state index contributed by atoms with van der Waals surface area (Å²) in [6.07, 6.45) is 0. The van der Waals surface area contributed by atoms with Gasteiger partial charge in [0.25, 0.3) is 5.12 Å². The highest BCUT2D eigenvalue weighted by Gasteiger charge is 2.13. The number of carbonyl (C=O) groups excluding carboxylic acids is 1. The highest BCUT2D eigenvalue weighted by atomic mass is 32.2. The van der Waals surface area contributed by atoms with E-state index in [0.717, 1.165) is 14.0 Å². The summed E-state index contributed by atoms with van der Waals surface area (Å²) in [6, 6.07) is 0. The van der Waals surface area contributed by atoms with Gasteiger partial charge in [-0.3, -0.25) is 8.98 Å². The minimum absolute atomic E-state index is 0.929. The van der Waals surface area contributed by atoms with E-state index in [-0.39, 0.29) is 0 Å². The van der Waals surface area contributed by atoms with Crippen molar-refractivity contribution in [1.82, 2.24) is 0 Å². The summed E-state index contributed by atoms with van der Waals surface area (Å²) in [4.78, 5) is 9.98. The molecule has 0 fully saturated rings. The van der Waals surface area contributed by atoms with Gasteiger partial charge in [-0.1, -0.05) is 0 Å². The minimum Gasteiger partial charge on any atom is -0.279 e. The van der Waals surface area contributed by atoms with E-state index < -0.39 is 15.2 Å². The zero-order valence-corrected chi connectivity index (χ0v) is 5.36. The molecule has 0 saturated heterocycles. The second-order valence-electron chi connectivity index (χ2n) is 1.11. The third-order valence-corrected chi connectivity index (χ3v) is 1.71. The topological polar surface area (TPSA) is 60.4 Å². The molecule has 5 heteroatoms. The van der Waals surface area contributed by atoms with Crippen molar-refractivity contribution in [2.45, 2.75) is 6.92 Å². The molecule has 0 aliphatic heterocycles. The number of rotatable bonds is 1. The first-order valence-corrected chi connectivity index (χ1v) is 3.22. The van der Waals surface area contributed by atoms with Crippen LogP contribution in [0.2, 0.25) is 0 Å². The first kappa shape index (κ1) is 7.58. The molecule has 0 aromatic heterocycles. The smallest absolute Gasteiger partial charge is 0.279 e. The number of hydrogen-bond donors (Lipinski definition) is 0. The molecule has 0 aliphatic carbocycles. The highest BCUT2D eigenvalue weighted by molar-refractivity contribution is 8.01. The van der Waals surface area contributed by atoms with Gasteiger partial charge >= 0.3 is 10.1 Å². The van der Waals surface area contributed by atoms with Gasteiger partial charge in [0, 0.05) is 6.92 Å². The third-order valence-electron chi connectivity index (χ3n) is 0.571. The maximum atomic E-state index is 10.1. The van der Waals surface area contributed by atoms with Gasteiger partial charge in [-0.05, 0) is 0 Å². The van der Waals surface area contributed by atoms with Crippen LogP contribution in [-0.4, -0.2) is 20.6 Å². The molecule has 0 spiro atoms. The molecule has 0 rings (SSSR count). The fourth-order valence-electron chi connectivity index (χ4n) is 0.117. The van der Waals surface area contributed by atoms with Crippen LogP contribution < -0.4 is 0 Å². The summed E-state index contributed by atoms with van der Waals surface area (Å²) in [7, 11) is -2.93. The predicted octanol–water partition coefficient (Wildman–Crippen LogP) is -0.491. The van der Waals surface area contributed by atoms with E-state index in [1.807, 2.05) is 0 Å². The van der Waals surface area contributed by atoms with E-state index in [1.165, 1.54) is 0 Å². The number of carbonyl (C=O) groups is 1. The van der Waals surface area contributed by atoms with Crippen LogP contribution in [0.3, 0.4) is 0 Å². The molecule has 4 nitrogen and oxygen atoms in total. The van der Waals surface area contributed by atoms with Crippen molar-refractivity contribution >= 4 is 15.2 Å². The van der Waals surface area contributed by atoms with Crippen molar-refractivity contribution in [2.75, 3.05) is 7.11 Å². The Balaban J connectivity index is 4.42. The summed E-state index contributed by atoms with van der Waals surface area (Å²) in [5, 5.41) is -0.972. The zero-order valence-electron chi connectivity index (χ0n) is 4.54. The quantitative estimate of drug-likeness (QED) is 0.459. The van der Waals surface area contributed by atoms with Crippen molar-refractivity contribution < 1.29 is 17.4 Å². The molecule has 0 aromatic rings. The lowest BCUT2D eigenvalue weighted by Crippen LogP contribution is -2.11. The van der Waals surface area contributed by atoms with E-state index >= 15 is 0 Å². The molecule has 0 bridgehead atoms. The summed E-state index contributed by atoms with van der Waals surface area (Å²) in [6.45, 7) is 0.929. The van der Waals surface area contributed by atoms with Crippen molar-refractivity contribution in [3.05, 3.63) is 0 Å².